The van der Waals surface area contributed by atoms with Gasteiger partial charge in [-0.15, -0.1) is 11.3 Å². The van der Waals surface area contributed by atoms with Gasteiger partial charge in [0.05, 0.1) is 10.4 Å². The van der Waals surface area contributed by atoms with Crippen molar-refractivity contribution >= 4 is 59.3 Å². The average Bonchev–Trinajstić information content (AvgIpc) is 3.55. The number of hydrogen-bond acceptors (Lipinski definition) is 2. The van der Waals surface area contributed by atoms with Crippen LogP contribution in [0.25, 0.3) is 64.3 Å². The van der Waals surface area contributed by atoms with E-state index < -0.39 is 0 Å². The van der Waals surface area contributed by atoms with E-state index in [9.17, 15) is 0 Å². The third-order valence-corrected chi connectivity index (χ3v) is 10.5. The second-order valence-corrected chi connectivity index (χ2v) is 13.2. The third kappa shape index (κ3) is 5.13. The van der Waals surface area contributed by atoms with E-state index in [0.717, 1.165) is 11.4 Å². The van der Waals surface area contributed by atoms with Gasteiger partial charge in [0, 0.05) is 26.8 Å². The summed E-state index contributed by atoms with van der Waals surface area (Å²) in [6, 6.07) is 68.2. The molecule has 0 bridgehead atoms. The van der Waals surface area contributed by atoms with Gasteiger partial charge in [-0.3, -0.25) is 0 Å². The maximum atomic E-state index is 2.43. The van der Waals surface area contributed by atoms with Crippen LogP contribution in [0.3, 0.4) is 0 Å². The smallest absolute Gasteiger partial charge is 0.0646 e. The first-order valence-electron chi connectivity index (χ1n) is 16.3. The van der Waals surface area contributed by atoms with Crippen LogP contribution in [-0.2, 0) is 0 Å². The van der Waals surface area contributed by atoms with Crippen LogP contribution in [0.4, 0.5) is 17.1 Å². The van der Waals surface area contributed by atoms with Gasteiger partial charge in [0.2, 0.25) is 0 Å². The van der Waals surface area contributed by atoms with Crippen LogP contribution in [0, 0.1) is 0 Å². The van der Waals surface area contributed by atoms with Gasteiger partial charge in [0.25, 0.3) is 0 Å². The van der Waals surface area contributed by atoms with Crippen molar-refractivity contribution in [3.63, 3.8) is 0 Å². The molecule has 0 unspecified atom stereocenters. The van der Waals surface area contributed by atoms with Crippen LogP contribution in [0.15, 0.2) is 188 Å². The van der Waals surface area contributed by atoms with E-state index in [2.05, 4.69) is 193 Å². The molecule has 0 fully saturated rings. The van der Waals surface area contributed by atoms with E-state index in [1.54, 1.807) is 0 Å². The van der Waals surface area contributed by atoms with Crippen molar-refractivity contribution in [2.75, 3.05) is 4.90 Å². The molecule has 2 heteroatoms. The highest BCUT2D eigenvalue weighted by Crippen LogP contribution is 2.47. The number of fused-ring (bicyclic) bond motifs is 4. The number of hydrogen-bond donors (Lipinski definition) is 0. The van der Waals surface area contributed by atoms with Gasteiger partial charge in [-0.2, -0.15) is 0 Å². The molecule has 0 N–H and O–H groups in total. The first kappa shape index (κ1) is 28.3. The molecule has 9 rings (SSSR count). The molecule has 0 radical (unpaired) electrons. The Hall–Kier alpha value is -5.96. The van der Waals surface area contributed by atoms with E-state index in [1.807, 2.05) is 11.3 Å². The zero-order chi connectivity index (χ0) is 31.9. The molecule has 226 valence electrons. The Morgan fingerprint density at radius 1 is 0.333 bits per heavy atom. The highest BCUT2D eigenvalue weighted by atomic mass is 32.1. The number of thiophene rings is 1. The summed E-state index contributed by atoms with van der Waals surface area (Å²) in [5.74, 6) is 0. The summed E-state index contributed by atoms with van der Waals surface area (Å²) < 4.78 is 2.58. The second-order valence-electron chi connectivity index (χ2n) is 12.2. The van der Waals surface area contributed by atoms with Gasteiger partial charge in [0.15, 0.2) is 0 Å². The molecule has 9 aromatic rings. The molecule has 0 aliphatic rings. The van der Waals surface area contributed by atoms with Gasteiger partial charge in [-0.25, -0.2) is 0 Å². The zero-order valence-electron chi connectivity index (χ0n) is 26.3. The maximum absolute atomic E-state index is 2.43. The molecule has 0 saturated heterocycles. The van der Waals surface area contributed by atoms with Crippen molar-refractivity contribution in [3.05, 3.63) is 188 Å². The lowest BCUT2D eigenvalue weighted by atomic mass is 9.99. The van der Waals surface area contributed by atoms with Crippen LogP contribution in [0.5, 0.6) is 0 Å². The normalized spacial score (nSPS) is 11.3. The summed E-state index contributed by atoms with van der Waals surface area (Å²) in [7, 11) is 0. The minimum Gasteiger partial charge on any atom is -0.309 e. The Morgan fingerprint density at radius 2 is 0.854 bits per heavy atom. The van der Waals surface area contributed by atoms with Crippen molar-refractivity contribution in [1.82, 2.24) is 0 Å². The summed E-state index contributed by atoms with van der Waals surface area (Å²) in [4.78, 5) is 2.43. The van der Waals surface area contributed by atoms with E-state index in [4.69, 9.17) is 0 Å². The lowest BCUT2D eigenvalue weighted by Crippen LogP contribution is -2.10. The quantitative estimate of drug-likeness (QED) is 0.177. The fourth-order valence-electron chi connectivity index (χ4n) is 6.80. The zero-order valence-corrected chi connectivity index (χ0v) is 27.1. The van der Waals surface area contributed by atoms with Crippen LogP contribution < -0.4 is 4.90 Å². The standard InChI is InChI=1S/C46H31NS/c1-3-11-32(12-4-1)35-21-25-40(26-22-35)47(41-27-23-36(24-28-41)38-20-19-34-15-7-8-16-37(34)29-38)44-31-39(33-13-5-2-6-14-33)30-43-42-17-9-10-18-45(42)48-46(43)44/h1-31H. The first-order chi connectivity index (χ1) is 23.8. The van der Waals surface area contributed by atoms with Gasteiger partial charge < -0.3 is 4.90 Å². The Labute approximate surface area is 284 Å². The third-order valence-electron chi connectivity index (χ3n) is 9.25. The fourth-order valence-corrected chi connectivity index (χ4v) is 7.99. The van der Waals surface area contributed by atoms with Gasteiger partial charge in [-0.05, 0) is 92.7 Å². The summed E-state index contributed by atoms with van der Waals surface area (Å²) in [6.45, 7) is 0. The summed E-state index contributed by atoms with van der Waals surface area (Å²) in [5, 5.41) is 5.09. The van der Waals surface area contributed by atoms with Crippen LogP contribution in [0.2, 0.25) is 0 Å². The van der Waals surface area contributed by atoms with Crippen molar-refractivity contribution in [2.45, 2.75) is 0 Å². The van der Waals surface area contributed by atoms with Crippen LogP contribution in [0.1, 0.15) is 0 Å². The predicted octanol–water partition coefficient (Wildman–Crippen LogP) is 13.7. The molecule has 1 aromatic heterocycles. The summed E-state index contributed by atoms with van der Waals surface area (Å²) in [5.41, 5.74) is 10.7. The van der Waals surface area contributed by atoms with Gasteiger partial charge >= 0.3 is 0 Å². The molecule has 0 spiro atoms. The average molecular weight is 630 g/mol. The van der Waals surface area contributed by atoms with E-state index in [-0.39, 0.29) is 0 Å². The van der Waals surface area contributed by atoms with Gasteiger partial charge in [-0.1, -0.05) is 140 Å². The number of nitrogens with zero attached hydrogens (tertiary/aromatic N) is 1. The van der Waals surface area contributed by atoms with Crippen molar-refractivity contribution in [1.29, 1.82) is 0 Å². The summed E-state index contributed by atoms with van der Waals surface area (Å²) >= 11 is 1.87. The molecule has 1 heterocycles. The second kappa shape index (κ2) is 12.0. The Bertz CT molecular complexity index is 2530. The van der Waals surface area contributed by atoms with E-state index in [1.165, 1.54) is 70.0 Å². The molecular weight excluding hydrogens is 599 g/mol. The first-order valence-corrected chi connectivity index (χ1v) is 17.2. The number of anilines is 3. The summed E-state index contributed by atoms with van der Waals surface area (Å²) in [6.07, 6.45) is 0. The largest absolute Gasteiger partial charge is 0.309 e. The molecule has 1 nitrogen and oxygen atoms in total. The Kier molecular flexibility index (Phi) is 7.07. The molecule has 0 aliphatic heterocycles. The molecule has 0 aliphatic carbocycles. The minimum atomic E-state index is 1.12. The van der Waals surface area contributed by atoms with E-state index in [0.29, 0.717) is 0 Å². The molecule has 0 saturated carbocycles. The van der Waals surface area contributed by atoms with Crippen LogP contribution >= 0.6 is 11.3 Å². The highest BCUT2D eigenvalue weighted by molar-refractivity contribution is 7.26. The van der Waals surface area contributed by atoms with Crippen molar-refractivity contribution in [2.24, 2.45) is 0 Å². The number of rotatable bonds is 6. The van der Waals surface area contributed by atoms with E-state index >= 15 is 0 Å². The van der Waals surface area contributed by atoms with Gasteiger partial charge in [0.1, 0.15) is 0 Å². The topological polar surface area (TPSA) is 3.24 Å². The lowest BCUT2D eigenvalue weighted by molar-refractivity contribution is 1.30. The monoisotopic (exact) mass is 629 g/mol. The van der Waals surface area contributed by atoms with Crippen LogP contribution in [-0.4, -0.2) is 0 Å². The van der Waals surface area contributed by atoms with Crippen molar-refractivity contribution < 1.29 is 0 Å². The highest BCUT2D eigenvalue weighted by Gasteiger charge is 2.20. The SMILES string of the molecule is c1ccc(-c2ccc(N(c3ccc(-c4ccc5ccccc5c4)cc3)c3cc(-c4ccccc4)cc4c3sc3ccccc34)cc2)cc1. The van der Waals surface area contributed by atoms with Crippen molar-refractivity contribution in [3.8, 4) is 33.4 Å². The molecule has 8 aromatic carbocycles. The Morgan fingerprint density at radius 3 is 1.54 bits per heavy atom. The number of benzene rings is 8. The molecule has 0 amide bonds. The molecule has 0 atom stereocenters. The maximum Gasteiger partial charge on any atom is 0.0646 e. The lowest BCUT2D eigenvalue weighted by Gasteiger charge is -2.27. The predicted molar refractivity (Wildman–Crippen MR) is 208 cm³/mol. The molecule has 48 heavy (non-hydrogen) atoms. The molecular formula is C46H31NS. The minimum absolute atomic E-state index is 1.12. The fraction of sp³-hybridized carbons (Fsp3) is 0. The Balaban J connectivity index is 1.24.